The lowest BCUT2D eigenvalue weighted by Crippen LogP contribution is -2.35. The zero-order valence-electron chi connectivity index (χ0n) is 17.9. The first-order chi connectivity index (χ1) is 15.5. The Balaban J connectivity index is 1.49. The van der Waals surface area contributed by atoms with Gasteiger partial charge in [0.15, 0.2) is 0 Å². The number of carbonyl (C=O) groups excluding carboxylic acids is 1. The van der Waals surface area contributed by atoms with E-state index in [9.17, 15) is 9.90 Å². The lowest BCUT2D eigenvalue weighted by atomic mass is 10.1. The molecule has 3 heterocycles. The van der Waals surface area contributed by atoms with Crippen LogP contribution < -0.4 is 16.0 Å². The van der Waals surface area contributed by atoms with Gasteiger partial charge in [-0.2, -0.15) is 0 Å². The Bertz CT molecular complexity index is 1080. The number of nitrogens with zero attached hydrogens (tertiary/aromatic N) is 2. The quantitative estimate of drug-likeness (QED) is 0.375. The van der Waals surface area contributed by atoms with Gasteiger partial charge in [-0.1, -0.05) is 23.7 Å². The van der Waals surface area contributed by atoms with Crippen LogP contribution in [0.3, 0.4) is 0 Å². The van der Waals surface area contributed by atoms with Gasteiger partial charge in [-0.05, 0) is 62.2 Å². The van der Waals surface area contributed by atoms with Gasteiger partial charge in [0.1, 0.15) is 5.69 Å². The molecule has 0 spiro atoms. The molecule has 1 atom stereocenters. The monoisotopic (exact) mass is 454 g/mol. The van der Waals surface area contributed by atoms with Crippen molar-refractivity contribution in [2.45, 2.75) is 31.8 Å². The van der Waals surface area contributed by atoms with Crippen LogP contribution in [0.4, 0.5) is 5.95 Å². The predicted molar refractivity (Wildman–Crippen MR) is 125 cm³/mol. The van der Waals surface area contributed by atoms with Crippen molar-refractivity contribution in [1.82, 2.24) is 25.6 Å². The number of nitrogens with one attached hydrogen (secondary N) is 4. The molecule has 1 aromatic carbocycles. The zero-order valence-corrected chi connectivity index (χ0v) is 18.6. The minimum atomic E-state index is -0.561. The van der Waals surface area contributed by atoms with Crippen LogP contribution in [0, 0.1) is 6.92 Å². The molecular formula is C23H27ClN6O2. The summed E-state index contributed by atoms with van der Waals surface area (Å²) in [7, 11) is 0. The number of rotatable bonds is 7. The van der Waals surface area contributed by atoms with Crippen LogP contribution in [-0.2, 0) is 0 Å². The van der Waals surface area contributed by atoms with E-state index in [1.165, 1.54) is 0 Å². The molecule has 0 saturated carbocycles. The molecule has 5 N–H and O–H groups in total. The topological polar surface area (TPSA) is 115 Å². The third-order valence-corrected chi connectivity index (χ3v) is 5.82. The molecule has 0 aliphatic carbocycles. The Morgan fingerprint density at radius 3 is 2.88 bits per heavy atom. The lowest BCUT2D eigenvalue weighted by Gasteiger charge is -2.23. The number of H-pyrrole nitrogens is 1. The van der Waals surface area contributed by atoms with Crippen LogP contribution in [0.5, 0.6) is 0 Å². The molecule has 1 aliphatic rings. The molecule has 1 saturated heterocycles. The van der Waals surface area contributed by atoms with Gasteiger partial charge in [0.05, 0.1) is 18.3 Å². The normalized spacial score (nSPS) is 15.3. The first kappa shape index (κ1) is 22.3. The molecular weight excluding hydrogens is 428 g/mol. The highest BCUT2D eigenvalue weighted by Crippen LogP contribution is 2.24. The molecule has 0 radical (unpaired) electrons. The zero-order chi connectivity index (χ0) is 22.5. The molecule has 9 heteroatoms. The summed E-state index contributed by atoms with van der Waals surface area (Å²) in [6.45, 7) is 3.67. The molecule has 2 aromatic heterocycles. The number of benzene rings is 1. The average Bonchev–Trinajstić information content (AvgIpc) is 3.29. The van der Waals surface area contributed by atoms with Crippen molar-refractivity contribution in [1.29, 1.82) is 0 Å². The number of anilines is 1. The van der Waals surface area contributed by atoms with E-state index in [0.717, 1.165) is 48.3 Å². The highest BCUT2D eigenvalue weighted by Gasteiger charge is 2.19. The number of piperidine rings is 1. The summed E-state index contributed by atoms with van der Waals surface area (Å²) in [5.41, 5.74) is 3.60. The average molecular weight is 455 g/mol. The maximum Gasteiger partial charge on any atom is 0.268 e. The maximum atomic E-state index is 12.8. The van der Waals surface area contributed by atoms with E-state index in [1.54, 1.807) is 36.7 Å². The molecule has 0 bridgehead atoms. The summed E-state index contributed by atoms with van der Waals surface area (Å²) in [6.07, 6.45) is 5.60. The summed E-state index contributed by atoms with van der Waals surface area (Å²) >= 11 is 6.04. The van der Waals surface area contributed by atoms with E-state index in [2.05, 4.69) is 25.9 Å². The molecule has 1 amide bonds. The minimum Gasteiger partial charge on any atom is -0.394 e. The number of aliphatic hydroxyl groups excluding tert-OH is 1. The Labute approximate surface area is 191 Å². The number of aliphatic hydroxyl groups is 1. The van der Waals surface area contributed by atoms with Crippen molar-refractivity contribution < 1.29 is 9.90 Å². The summed E-state index contributed by atoms with van der Waals surface area (Å²) in [4.78, 5) is 24.9. The number of aromatic nitrogens is 3. The first-order valence-electron chi connectivity index (χ1n) is 10.7. The first-order valence-corrected chi connectivity index (χ1v) is 11.1. The largest absolute Gasteiger partial charge is 0.394 e. The Morgan fingerprint density at radius 1 is 1.31 bits per heavy atom. The number of carbonyl (C=O) groups is 1. The lowest BCUT2D eigenvalue weighted by molar-refractivity contribution is 0.0911. The molecule has 0 unspecified atom stereocenters. The van der Waals surface area contributed by atoms with E-state index < -0.39 is 6.04 Å². The standard InChI is InChI=1S/C23H27ClN6O2/c1-14-11-27-23(28-18-5-7-25-8-6-18)30-21(14)16-10-19(26-12-16)22(32)29-20(13-31)15-3-2-4-17(24)9-15/h2-4,9-12,18,20,25-26,31H,5-8,13H2,1H3,(H,29,32)(H,27,28,30)/t20-/m1/s1. The minimum absolute atomic E-state index is 0.240. The number of aromatic amines is 1. The van der Waals surface area contributed by atoms with Crippen molar-refractivity contribution in [3.63, 3.8) is 0 Å². The van der Waals surface area contributed by atoms with E-state index >= 15 is 0 Å². The second-order valence-corrected chi connectivity index (χ2v) is 8.40. The fourth-order valence-electron chi connectivity index (χ4n) is 3.81. The third-order valence-electron chi connectivity index (χ3n) is 5.58. The van der Waals surface area contributed by atoms with Crippen LogP contribution in [0.2, 0.25) is 5.02 Å². The van der Waals surface area contributed by atoms with Crippen LogP contribution in [0.25, 0.3) is 11.3 Å². The van der Waals surface area contributed by atoms with Gasteiger partial charge in [-0.3, -0.25) is 4.79 Å². The smallest absolute Gasteiger partial charge is 0.268 e. The molecule has 32 heavy (non-hydrogen) atoms. The number of halogens is 1. The van der Waals surface area contributed by atoms with Gasteiger partial charge in [0.2, 0.25) is 5.95 Å². The number of aryl methyl sites for hydroxylation is 1. The van der Waals surface area contributed by atoms with Gasteiger partial charge < -0.3 is 26.0 Å². The van der Waals surface area contributed by atoms with Crippen molar-refractivity contribution in [3.8, 4) is 11.3 Å². The van der Waals surface area contributed by atoms with Crippen LogP contribution >= 0.6 is 11.6 Å². The second kappa shape index (κ2) is 10.1. The number of amides is 1. The molecule has 1 fully saturated rings. The van der Waals surface area contributed by atoms with E-state index in [1.807, 2.05) is 13.0 Å². The van der Waals surface area contributed by atoms with Crippen LogP contribution in [0.15, 0.2) is 42.7 Å². The van der Waals surface area contributed by atoms with E-state index in [-0.39, 0.29) is 12.5 Å². The second-order valence-electron chi connectivity index (χ2n) is 7.96. The number of hydrogen-bond donors (Lipinski definition) is 5. The fourth-order valence-corrected chi connectivity index (χ4v) is 4.01. The predicted octanol–water partition coefficient (Wildman–Crippen LogP) is 3.06. The van der Waals surface area contributed by atoms with Crippen molar-refractivity contribution >= 4 is 23.5 Å². The highest BCUT2D eigenvalue weighted by molar-refractivity contribution is 6.30. The molecule has 4 rings (SSSR count). The van der Waals surface area contributed by atoms with Crippen molar-refractivity contribution in [3.05, 3.63) is 64.6 Å². The van der Waals surface area contributed by atoms with Gasteiger partial charge in [0.25, 0.3) is 5.91 Å². The third kappa shape index (κ3) is 5.27. The molecule has 1 aliphatic heterocycles. The Kier molecular flexibility index (Phi) is 7.04. The van der Waals surface area contributed by atoms with E-state index in [4.69, 9.17) is 16.6 Å². The Morgan fingerprint density at radius 2 is 2.12 bits per heavy atom. The van der Waals surface area contributed by atoms with Gasteiger partial charge in [0, 0.05) is 29.0 Å². The molecule has 168 valence electrons. The van der Waals surface area contributed by atoms with Crippen molar-refractivity contribution in [2.24, 2.45) is 0 Å². The van der Waals surface area contributed by atoms with Gasteiger partial charge >= 0.3 is 0 Å². The SMILES string of the molecule is Cc1cnc(NC2CCNCC2)nc1-c1c[nH]c(C(=O)N[C@H](CO)c2cccc(Cl)c2)c1. The summed E-state index contributed by atoms with van der Waals surface area (Å²) in [5.74, 6) is 0.265. The maximum absolute atomic E-state index is 12.8. The Hall–Kier alpha value is -2.94. The summed E-state index contributed by atoms with van der Waals surface area (Å²) in [6, 6.07) is 8.61. The van der Waals surface area contributed by atoms with Crippen LogP contribution in [0.1, 0.15) is 40.5 Å². The number of hydrogen-bond acceptors (Lipinski definition) is 6. The molecule has 3 aromatic rings. The van der Waals surface area contributed by atoms with Gasteiger partial charge in [-0.25, -0.2) is 9.97 Å². The van der Waals surface area contributed by atoms with Gasteiger partial charge in [-0.15, -0.1) is 0 Å². The van der Waals surface area contributed by atoms with E-state index in [0.29, 0.717) is 22.7 Å². The highest BCUT2D eigenvalue weighted by atomic mass is 35.5. The van der Waals surface area contributed by atoms with Crippen LogP contribution in [-0.4, -0.2) is 51.7 Å². The fraction of sp³-hybridized carbons (Fsp3) is 0.348. The summed E-state index contributed by atoms with van der Waals surface area (Å²) < 4.78 is 0. The summed E-state index contributed by atoms with van der Waals surface area (Å²) in [5, 5.41) is 19.9. The molecule has 8 nitrogen and oxygen atoms in total. The van der Waals surface area contributed by atoms with Crippen molar-refractivity contribution in [2.75, 3.05) is 25.0 Å².